The number of nitrogens with one attached hydrogen (secondary N) is 1. The Hall–Kier alpha value is -1.85. The number of aryl methyl sites for hydroxylation is 1. The molecule has 0 aromatic carbocycles. The predicted octanol–water partition coefficient (Wildman–Crippen LogP) is 1.13. The zero-order valence-corrected chi connectivity index (χ0v) is 11.0. The molecule has 0 saturated heterocycles. The zero-order chi connectivity index (χ0) is 13.5. The fourth-order valence-electron chi connectivity index (χ4n) is 1.57. The lowest BCUT2D eigenvalue weighted by Gasteiger charge is -2.19. The highest BCUT2D eigenvalue weighted by Crippen LogP contribution is 2.05. The van der Waals surface area contributed by atoms with Gasteiger partial charge in [0.1, 0.15) is 12.2 Å². The molecule has 0 atom stereocenters. The second-order valence-electron chi connectivity index (χ2n) is 3.97. The van der Waals surface area contributed by atoms with Crippen molar-refractivity contribution in [3.63, 3.8) is 0 Å². The molecule has 100 valence electrons. The first kappa shape index (κ1) is 14.2. The molecule has 0 aliphatic rings. The molecule has 18 heavy (non-hydrogen) atoms. The predicted molar refractivity (Wildman–Crippen MR) is 66.2 cm³/mol. The molecule has 1 aromatic heterocycles. The van der Waals surface area contributed by atoms with Crippen molar-refractivity contribution in [2.75, 3.05) is 19.7 Å². The lowest BCUT2D eigenvalue weighted by atomic mass is 10.3. The third-order valence-corrected chi connectivity index (χ3v) is 2.33. The van der Waals surface area contributed by atoms with E-state index in [0.717, 1.165) is 12.1 Å². The van der Waals surface area contributed by atoms with E-state index in [2.05, 4.69) is 10.2 Å². The smallest absolute Gasteiger partial charge is 0.325 e. The Bertz CT molecular complexity index is 414. The molecule has 0 spiro atoms. The first-order valence-electron chi connectivity index (χ1n) is 6.05. The van der Waals surface area contributed by atoms with Crippen LogP contribution in [0.15, 0.2) is 6.07 Å². The number of aromatic amines is 1. The molecule has 1 amide bonds. The number of aromatic nitrogens is 2. The Labute approximate surface area is 106 Å². The van der Waals surface area contributed by atoms with E-state index in [9.17, 15) is 9.59 Å². The van der Waals surface area contributed by atoms with E-state index in [1.54, 1.807) is 13.0 Å². The van der Waals surface area contributed by atoms with E-state index < -0.39 is 5.97 Å². The number of carbonyl (C=O) groups excluding carboxylic acids is 2. The van der Waals surface area contributed by atoms with Gasteiger partial charge in [-0.15, -0.1) is 0 Å². The number of hydrogen-bond acceptors (Lipinski definition) is 4. The summed E-state index contributed by atoms with van der Waals surface area (Å²) in [5.74, 6) is -0.652. The van der Waals surface area contributed by atoms with Crippen LogP contribution in [0.1, 0.15) is 36.5 Å². The van der Waals surface area contributed by atoms with E-state index in [-0.39, 0.29) is 12.5 Å². The number of H-pyrrole nitrogens is 1. The molecule has 1 rings (SSSR count). The standard InChI is InChI=1S/C12H19N3O3/c1-4-6-15(8-11(16)18-5-2)12(17)10-7-9(3)13-14-10/h7H,4-6,8H2,1-3H3,(H,13,14). The van der Waals surface area contributed by atoms with Crippen molar-refractivity contribution < 1.29 is 14.3 Å². The van der Waals surface area contributed by atoms with Crippen LogP contribution in [0.25, 0.3) is 0 Å². The molecule has 0 radical (unpaired) electrons. The Balaban J connectivity index is 2.71. The number of carbonyl (C=O) groups is 2. The fraction of sp³-hybridized carbons (Fsp3) is 0.583. The van der Waals surface area contributed by atoms with Gasteiger partial charge in [0.2, 0.25) is 0 Å². The van der Waals surface area contributed by atoms with Crippen molar-refractivity contribution in [2.24, 2.45) is 0 Å². The molecule has 0 fully saturated rings. The van der Waals surface area contributed by atoms with Gasteiger partial charge in [-0.2, -0.15) is 5.10 Å². The average Bonchev–Trinajstić information content (AvgIpc) is 2.75. The van der Waals surface area contributed by atoms with Gasteiger partial charge in [-0.05, 0) is 26.3 Å². The topological polar surface area (TPSA) is 75.3 Å². The van der Waals surface area contributed by atoms with Crippen molar-refractivity contribution in [3.05, 3.63) is 17.5 Å². The largest absolute Gasteiger partial charge is 0.465 e. The summed E-state index contributed by atoms with van der Waals surface area (Å²) < 4.78 is 4.85. The van der Waals surface area contributed by atoms with Gasteiger partial charge >= 0.3 is 5.97 Å². The molecular weight excluding hydrogens is 234 g/mol. The molecule has 0 bridgehead atoms. The number of amides is 1. The van der Waals surface area contributed by atoms with Crippen LogP contribution in [-0.4, -0.2) is 46.7 Å². The Morgan fingerprint density at radius 1 is 1.44 bits per heavy atom. The van der Waals surface area contributed by atoms with Crippen molar-refractivity contribution in [1.29, 1.82) is 0 Å². The summed E-state index contributed by atoms with van der Waals surface area (Å²) in [7, 11) is 0. The Morgan fingerprint density at radius 3 is 2.67 bits per heavy atom. The molecule has 0 unspecified atom stereocenters. The summed E-state index contributed by atoms with van der Waals surface area (Å²) in [6.45, 7) is 6.28. The van der Waals surface area contributed by atoms with Gasteiger partial charge < -0.3 is 9.64 Å². The third kappa shape index (κ3) is 3.87. The third-order valence-electron chi connectivity index (χ3n) is 2.33. The van der Waals surface area contributed by atoms with Crippen LogP contribution in [-0.2, 0) is 9.53 Å². The van der Waals surface area contributed by atoms with Gasteiger partial charge in [0.15, 0.2) is 0 Å². The SMILES string of the molecule is CCCN(CC(=O)OCC)C(=O)c1cc(C)[nH]n1. The number of esters is 1. The van der Waals surface area contributed by atoms with Crippen LogP contribution in [0, 0.1) is 6.92 Å². The number of rotatable bonds is 6. The summed E-state index contributed by atoms with van der Waals surface area (Å²) in [5, 5.41) is 6.62. The monoisotopic (exact) mass is 253 g/mol. The van der Waals surface area contributed by atoms with Gasteiger partial charge in [0.05, 0.1) is 6.61 Å². The molecule has 0 aliphatic heterocycles. The lowest BCUT2D eigenvalue weighted by molar-refractivity contribution is -0.143. The number of hydrogen-bond donors (Lipinski definition) is 1. The van der Waals surface area contributed by atoms with Crippen molar-refractivity contribution >= 4 is 11.9 Å². The Kier molecular flexibility index (Phi) is 5.35. The minimum Gasteiger partial charge on any atom is -0.465 e. The molecule has 6 nitrogen and oxygen atoms in total. The van der Waals surface area contributed by atoms with Crippen LogP contribution in [0.4, 0.5) is 0 Å². The second kappa shape index (κ2) is 6.78. The number of ether oxygens (including phenoxy) is 1. The fourth-order valence-corrected chi connectivity index (χ4v) is 1.57. The molecule has 1 N–H and O–H groups in total. The summed E-state index contributed by atoms with van der Waals surface area (Å²) in [4.78, 5) is 25.0. The summed E-state index contributed by atoms with van der Waals surface area (Å²) >= 11 is 0. The van der Waals surface area contributed by atoms with Crippen molar-refractivity contribution in [3.8, 4) is 0 Å². The lowest BCUT2D eigenvalue weighted by Crippen LogP contribution is -2.37. The van der Waals surface area contributed by atoms with E-state index in [0.29, 0.717) is 18.8 Å². The zero-order valence-electron chi connectivity index (χ0n) is 11.0. The van der Waals surface area contributed by atoms with Gasteiger partial charge in [-0.25, -0.2) is 0 Å². The maximum atomic E-state index is 12.1. The maximum Gasteiger partial charge on any atom is 0.325 e. The summed E-state index contributed by atoms with van der Waals surface area (Å²) in [6.07, 6.45) is 0.772. The van der Waals surface area contributed by atoms with Gasteiger partial charge in [0.25, 0.3) is 5.91 Å². The van der Waals surface area contributed by atoms with Crippen molar-refractivity contribution in [1.82, 2.24) is 15.1 Å². The highest BCUT2D eigenvalue weighted by Gasteiger charge is 2.20. The van der Waals surface area contributed by atoms with Crippen molar-refractivity contribution in [2.45, 2.75) is 27.2 Å². The summed E-state index contributed by atoms with van der Waals surface area (Å²) in [5.41, 5.74) is 1.14. The first-order chi connectivity index (χ1) is 8.58. The molecule has 6 heteroatoms. The van der Waals surface area contributed by atoms with Crippen LogP contribution in [0.3, 0.4) is 0 Å². The van der Waals surface area contributed by atoms with Gasteiger partial charge in [-0.3, -0.25) is 14.7 Å². The van der Waals surface area contributed by atoms with E-state index >= 15 is 0 Å². The van der Waals surface area contributed by atoms with Crippen LogP contribution >= 0.6 is 0 Å². The number of nitrogens with zero attached hydrogens (tertiary/aromatic N) is 2. The van der Waals surface area contributed by atoms with Crippen LogP contribution in [0.2, 0.25) is 0 Å². The Morgan fingerprint density at radius 2 is 2.17 bits per heavy atom. The molecule has 0 aliphatic carbocycles. The molecule has 1 heterocycles. The maximum absolute atomic E-state index is 12.1. The molecule has 1 aromatic rings. The second-order valence-corrected chi connectivity index (χ2v) is 3.97. The van der Waals surface area contributed by atoms with E-state index in [1.807, 2.05) is 13.8 Å². The quantitative estimate of drug-likeness (QED) is 0.771. The molecule has 0 saturated carbocycles. The summed E-state index contributed by atoms with van der Waals surface area (Å²) in [6, 6.07) is 1.66. The average molecular weight is 253 g/mol. The normalized spacial score (nSPS) is 10.2. The molecular formula is C12H19N3O3. The highest BCUT2D eigenvalue weighted by molar-refractivity contribution is 5.94. The minimum absolute atomic E-state index is 0.0353. The van der Waals surface area contributed by atoms with E-state index in [1.165, 1.54) is 4.90 Å². The van der Waals surface area contributed by atoms with Gasteiger partial charge in [-0.1, -0.05) is 6.92 Å². The van der Waals surface area contributed by atoms with Gasteiger partial charge in [0, 0.05) is 12.2 Å². The van der Waals surface area contributed by atoms with Crippen LogP contribution < -0.4 is 0 Å². The minimum atomic E-state index is -0.397. The first-order valence-corrected chi connectivity index (χ1v) is 6.05. The van der Waals surface area contributed by atoms with E-state index in [4.69, 9.17) is 4.74 Å². The van der Waals surface area contributed by atoms with Crippen LogP contribution in [0.5, 0.6) is 0 Å². The highest BCUT2D eigenvalue weighted by atomic mass is 16.5.